The van der Waals surface area contributed by atoms with E-state index in [0.29, 0.717) is 17.2 Å². The Kier molecular flexibility index (Phi) is 4.44. The standard InChI is InChI=1S/C16H22N2O/c1-12(2)10-18(15-5-6-15)11-13-4-7-16(19-3)14(8-13)9-17/h4,7-8,12,15H,5-6,10-11H2,1-3H3. The van der Waals surface area contributed by atoms with Gasteiger partial charge in [0.05, 0.1) is 12.7 Å². The molecule has 19 heavy (non-hydrogen) atoms. The first kappa shape index (κ1) is 13.9. The lowest BCUT2D eigenvalue weighted by atomic mass is 10.1. The summed E-state index contributed by atoms with van der Waals surface area (Å²) >= 11 is 0. The van der Waals surface area contributed by atoms with Crippen LogP contribution in [0, 0.1) is 17.2 Å². The summed E-state index contributed by atoms with van der Waals surface area (Å²) in [5, 5.41) is 9.13. The summed E-state index contributed by atoms with van der Waals surface area (Å²) in [5.74, 6) is 1.34. The maximum atomic E-state index is 9.13. The minimum atomic E-state index is 0.625. The van der Waals surface area contributed by atoms with E-state index in [0.717, 1.165) is 19.1 Å². The quantitative estimate of drug-likeness (QED) is 0.786. The average Bonchev–Trinajstić information content (AvgIpc) is 3.21. The molecule has 1 aromatic rings. The molecule has 0 unspecified atom stereocenters. The second-order valence-electron chi connectivity index (χ2n) is 5.70. The third-order valence-corrected chi connectivity index (χ3v) is 3.43. The minimum absolute atomic E-state index is 0.625. The van der Waals surface area contributed by atoms with Gasteiger partial charge in [-0.2, -0.15) is 5.26 Å². The van der Waals surface area contributed by atoms with Crippen molar-refractivity contribution in [2.75, 3.05) is 13.7 Å². The lowest BCUT2D eigenvalue weighted by Crippen LogP contribution is -2.29. The van der Waals surface area contributed by atoms with Crippen LogP contribution in [0.25, 0.3) is 0 Å². The number of benzene rings is 1. The first-order valence-electron chi connectivity index (χ1n) is 6.95. The van der Waals surface area contributed by atoms with Crippen molar-refractivity contribution >= 4 is 0 Å². The van der Waals surface area contributed by atoms with Crippen LogP contribution < -0.4 is 4.74 Å². The van der Waals surface area contributed by atoms with Crippen molar-refractivity contribution < 1.29 is 4.74 Å². The van der Waals surface area contributed by atoms with Gasteiger partial charge in [-0.25, -0.2) is 0 Å². The summed E-state index contributed by atoms with van der Waals surface area (Å²) < 4.78 is 5.18. The molecule has 0 aromatic heterocycles. The smallest absolute Gasteiger partial charge is 0.136 e. The van der Waals surface area contributed by atoms with E-state index in [4.69, 9.17) is 10.00 Å². The Labute approximate surface area is 115 Å². The maximum Gasteiger partial charge on any atom is 0.136 e. The number of ether oxygens (including phenoxy) is 1. The van der Waals surface area contributed by atoms with Crippen LogP contribution in [-0.2, 0) is 6.54 Å². The van der Waals surface area contributed by atoms with E-state index in [1.807, 2.05) is 12.1 Å². The third-order valence-electron chi connectivity index (χ3n) is 3.43. The molecule has 1 aliphatic rings. The zero-order valence-corrected chi connectivity index (χ0v) is 12.0. The van der Waals surface area contributed by atoms with Gasteiger partial charge in [-0.3, -0.25) is 4.90 Å². The normalized spacial score (nSPS) is 14.7. The highest BCUT2D eigenvalue weighted by Crippen LogP contribution is 2.29. The minimum Gasteiger partial charge on any atom is -0.495 e. The summed E-state index contributed by atoms with van der Waals surface area (Å²) in [6, 6.07) is 8.86. The molecule has 3 nitrogen and oxygen atoms in total. The van der Waals surface area contributed by atoms with Gasteiger partial charge in [-0.05, 0) is 36.5 Å². The van der Waals surface area contributed by atoms with Gasteiger partial charge in [-0.15, -0.1) is 0 Å². The average molecular weight is 258 g/mol. The molecule has 0 aliphatic heterocycles. The van der Waals surface area contributed by atoms with Gasteiger partial charge in [0.15, 0.2) is 0 Å². The molecular formula is C16H22N2O. The largest absolute Gasteiger partial charge is 0.495 e. The van der Waals surface area contributed by atoms with Gasteiger partial charge in [0.2, 0.25) is 0 Å². The molecule has 0 amide bonds. The second-order valence-corrected chi connectivity index (χ2v) is 5.70. The van der Waals surface area contributed by atoms with Crippen LogP contribution >= 0.6 is 0 Å². The van der Waals surface area contributed by atoms with Crippen molar-refractivity contribution in [3.05, 3.63) is 29.3 Å². The maximum absolute atomic E-state index is 9.13. The van der Waals surface area contributed by atoms with E-state index in [9.17, 15) is 0 Å². The van der Waals surface area contributed by atoms with Gasteiger partial charge in [0.25, 0.3) is 0 Å². The molecule has 102 valence electrons. The highest BCUT2D eigenvalue weighted by Gasteiger charge is 2.29. The van der Waals surface area contributed by atoms with E-state index in [1.54, 1.807) is 7.11 Å². The lowest BCUT2D eigenvalue weighted by Gasteiger charge is -2.24. The van der Waals surface area contributed by atoms with Crippen LogP contribution in [0.3, 0.4) is 0 Å². The molecule has 0 radical (unpaired) electrons. The van der Waals surface area contributed by atoms with Crippen LogP contribution in [0.4, 0.5) is 0 Å². The van der Waals surface area contributed by atoms with Gasteiger partial charge in [-0.1, -0.05) is 19.9 Å². The van der Waals surface area contributed by atoms with Gasteiger partial charge >= 0.3 is 0 Å². The zero-order valence-electron chi connectivity index (χ0n) is 12.0. The molecule has 1 aromatic carbocycles. The van der Waals surface area contributed by atoms with E-state index in [2.05, 4.69) is 30.9 Å². The van der Waals surface area contributed by atoms with Gasteiger partial charge in [0, 0.05) is 19.1 Å². The molecule has 0 N–H and O–H groups in total. The Bertz CT molecular complexity index is 472. The SMILES string of the molecule is COc1ccc(CN(CC(C)C)C2CC2)cc1C#N. The van der Waals surface area contributed by atoms with Crippen molar-refractivity contribution in [3.8, 4) is 11.8 Å². The molecule has 0 heterocycles. The topological polar surface area (TPSA) is 36.3 Å². The molecule has 3 heteroatoms. The third kappa shape index (κ3) is 3.71. The summed E-state index contributed by atoms with van der Waals surface area (Å²) in [5.41, 5.74) is 1.82. The number of nitrogens with zero attached hydrogens (tertiary/aromatic N) is 2. The number of methoxy groups -OCH3 is 1. The molecule has 1 fully saturated rings. The fraction of sp³-hybridized carbons (Fsp3) is 0.562. The van der Waals surface area contributed by atoms with Crippen molar-refractivity contribution in [2.45, 2.75) is 39.3 Å². The highest BCUT2D eigenvalue weighted by molar-refractivity contribution is 5.45. The van der Waals surface area contributed by atoms with E-state index < -0.39 is 0 Å². The molecule has 0 saturated heterocycles. The predicted octanol–water partition coefficient (Wildman–Crippen LogP) is 3.19. The fourth-order valence-electron chi connectivity index (χ4n) is 2.43. The van der Waals surface area contributed by atoms with E-state index in [1.165, 1.54) is 18.4 Å². The Morgan fingerprint density at radius 2 is 2.16 bits per heavy atom. The van der Waals surface area contributed by atoms with E-state index in [-0.39, 0.29) is 0 Å². The molecule has 0 atom stereocenters. The van der Waals surface area contributed by atoms with Crippen LogP contribution in [0.2, 0.25) is 0 Å². The summed E-state index contributed by atoms with van der Waals surface area (Å²) in [7, 11) is 1.60. The van der Waals surface area contributed by atoms with Gasteiger partial charge < -0.3 is 4.74 Å². The second kappa shape index (κ2) is 6.08. The van der Waals surface area contributed by atoms with Crippen molar-refractivity contribution in [1.82, 2.24) is 4.90 Å². The van der Waals surface area contributed by atoms with Crippen LogP contribution in [0.5, 0.6) is 5.75 Å². The number of hydrogen-bond donors (Lipinski definition) is 0. The molecule has 2 rings (SSSR count). The first-order chi connectivity index (χ1) is 9.13. The molecule has 0 bridgehead atoms. The molecule has 0 spiro atoms. The zero-order chi connectivity index (χ0) is 13.8. The highest BCUT2D eigenvalue weighted by atomic mass is 16.5. The van der Waals surface area contributed by atoms with Crippen LogP contribution in [-0.4, -0.2) is 24.6 Å². The van der Waals surface area contributed by atoms with Gasteiger partial charge in [0.1, 0.15) is 11.8 Å². The first-order valence-corrected chi connectivity index (χ1v) is 6.95. The summed E-state index contributed by atoms with van der Waals surface area (Å²) in [4.78, 5) is 2.54. The number of rotatable bonds is 6. The molecule has 1 saturated carbocycles. The van der Waals surface area contributed by atoms with Crippen LogP contribution in [0.15, 0.2) is 18.2 Å². The number of nitriles is 1. The van der Waals surface area contributed by atoms with Crippen LogP contribution in [0.1, 0.15) is 37.8 Å². The number of hydrogen-bond acceptors (Lipinski definition) is 3. The Hall–Kier alpha value is -1.53. The monoisotopic (exact) mass is 258 g/mol. The van der Waals surface area contributed by atoms with Crippen molar-refractivity contribution in [3.63, 3.8) is 0 Å². The predicted molar refractivity (Wildman–Crippen MR) is 76.0 cm³/mol. The van der Waals surface area contributed by atoms with E-state index >= 15 is 0 Å². The Balaban J connectivity index is 2.10. The summed E-state index contributed by atoms with van der Waals surface area (Å²) in [6.45, 7) is 6.56. The van der Waals surface area contributed by atoms with Crippen molar-refractivity contribution in [1.29, 1.82) is 5.26 Å². The fourth-order valence-corrected chi connectivity index (χ4v) is 2.43. The van der Waals surface area contributed by atoms with Crippen molar-refractivity contribution in [2.24, 2.45) is 5.92 Å². The Morgan fingerprint density at radius 1 is 1.42 bits per heavy atom. The lowest BCUT2D eigenvalue weighted by molar-refractivity contribution is 0.226. The Morgan fingerprint density at radius 3 is 2.68 bits per heavy atom. The molecular weight excluding hydrogens is 236 g/mol. The summed E-state index contributed by atoms with van der Waals surface area (Å²) in [6.07, 6.45) is 2.63. The molecule has 1 aliphatic carbocycles.